The van der Waals surface area contributed by atoms with Crippen molar-refractivity contribution in [2.24, 2.45) is 13.0 Å². The smallest absolute Gasteiger partial charge is 0.274 e. The van der Waals surface area contributed by atoms with Crippen molar-refractivity contribution >= 4 is 21.8 Å². The minimum Gasteiger partial charge on any atom is -0.337 e. The van der Waals surface area contributed by atoms with E-state index in [1.807, 2.05) is 24.9 Å². The summed E-state index contributed by atoms with van der Waals surface area (Å²) in [6.45, 7) is 5.83. The molecule has 0 spiro atoms. The Bertz CT molecular complexity index is 414. The van der Waals surface area contributed by atoms with Gasteiger partial charge >= 0.3 is 0 Å². The van der Waals surface area contributed by atoms with Crippen LogP contribution in [0, 0.1) is 12.8 Å². The molecule has 2 heterocycles. The fraction of sp³-hybridized carbons (Fsp3) is 0.692. The number of nitrogens with zero attached hydrogens (tertiary/aromatic N) is 3. The van der Waals surface area contributed by atoms with Gasteiger partial charge in [-0.05, 0) is 31.7 Å². The van der Waals surface area contributed by atoms with Crippen LogP contribution in [0.2, 0.25) is 0 Å². The second-order valence-corrected chi connectivity index (χ2v) is 6.55. The van der Waals surface area contributed by atoms with Crippen LogP contribution in [0.15, 0.2) is 6.07 Å². The Morgan fingerprint density at radius 1 is 1.50 bits per heavy atom. The number of halogens is 1. The van der Waals surface area contributed by atoms with Crippen LogP contribution < -0.4 is 0 Å². The van der Waals surface area contributed by atoms with Crippen LogP contribution >= 0.6 is 15.9 Å². The lowest BCUT2D eigenvalue weighted by atomic mass is 9.94. The lowest BCUT2D eigenvalue weighted by Gasteiger charge is -2.32. The van der Waals surface area contributed by atoms with Gasteiger partial charge in [0.05, 0.1) is 0 Å². The third-order valence-electron chi connectivity index (χ3n) is 3.81. The lowest BCUT2D eigenvalue weighted by molar-refractivity contribution is 0.0684. The molecule has 18 heavy (non-hydrogen) atoms. The molecular weight excluding hydrogens is 294 g/mol. The van der Waals surface area contributed by atoms with E-state index in [1.165, 1.54) is 0 Å². The first-order valence-corrected chi connectivity index (χ1v) is 7.34. The van der Waals surface area contributed by atoms with Crippen LogP contribution in [0.5, 0.6) is 0 Å². The highest BCUT2D eigenvalue weighted by Crippen LogP contribution is 2.25. The normalized spacial score (nSPS) is 19.0. The molecule has 1 amide bonds. The zero-order valence-electron chi connectivity index (χ0n) is 11.2. The van der Waals surface area contributed by atoms with Crippen LogP contribution in [0.1, 0.15) is 35.9 Å². The Labute approximate surface area is 116 Å². The molecule has 1 aliphatic heterocycles. The summed E-state index contributed by atoms with van der Waals surface area (Å²) in [5.41, 5.74) is 1.59. The van der Waals surface area contributed by atoms with Gasteiger partial charge in [-0.2, -0.15) is 5.10 Å². The number of piperidine rings is 1. The molecule has 0 bridgehead atoms. The first-order valence-electron chi connectivity index (χ1n) is 6.43. The van der Waals surface area contributed by atoms with E-state index in [0.717, 1.165) is 31.6 Å². The summed E-state index contributed by atoms with van der Waals surface area (Å²) in [6.07, 6.45) is 2.15. The number of alkyl halides is 1. The van der Waals surface area contributed by atoms with Crippen molar-refractivity contribution < 1.29 is 4.79 Å². The minimum atomic E-state index is 0.0689. The Kier molecular flexibility index (Phi) is 4.10. The van der Waals surface area contributed by atoms with Gasteiger partial charge in [-0.1, -0.05) is 22.9 Å². The summed E-state index contributed by atoms with van der Waals surface area (Å²) in [6, 6.07) is 1.86. The van der Waals surface area contributed by atoms with E-state index >= 15 is 0 Å². The van der Waals surface area contributed by atoms with E-state index in [9.17, 15) is 4.79 Å². The van der Waals surface area contributed by atoms with Gasteiger partial charge in [0.25, 0.3) is 5.91 Å². The predicted octanol–water partition coefficient (Wildman–Crippen LogP) is 2.36. The van der Waals surface area contributed by atoms with Crippen molar-refractivity contribution in [2.45, 2.75) is 31.5 Å². The molecule has 0 radical (unpaired) electrons. The van der Waals surface area contributed by atoms with Crippen LogP contribution in [0.25, 0.3) is 0 Å². The van der Waals surface area contributed by atoms with Crippen LogP contribution in [-0.4, -0.2) is 38.5 Å². The van der Waals surface area contributed by atoms with Gasteiger partial charge in [0.15, 0.2) is 5.69 Å². The lowest BCUT2D eigenvalue weighted by Crippen LogP contribution is -2.40. The van der Waals surface area contributed by atoms with Gasteiger partial charge in [0, 0.05) is 30.7 Å². The molecule has 2 rings (SSSR count). The number of carbonyl (C=O) groups excluding carboxylic acids is 1. The molecule has 0 aromatic carbocycles. The fourth-order valence-corrected chi connectivity index (χ4v) is 2.92. The minimum absolute atomic E-state index is 0.0689. The van der Waals surface area contributed by atoms with Crippen molar-refractivity contribution in [2.75, 3.05) is 13.1 Å². The summed E-state index contributed by atoms with van der Waals surface area (Å²) < 4.78 is 1.75. The predicted molar refractivity (Wildman–Crippen MR) is 75.0 cm³/mol. The number of carbonyl (C=O) groups is 1. The number of aromatic nitrogens is 2. The number of rotatable bonds is 2. The average molecular weight is 314 g/mol. The number of aryl methyl sites for hydroxylation is 2. The number of hydrogen-bond donors (Lipinski definition) is 0. The second kappa shape index (κ2) is 5.43. The molecule has 1 fully saturated rings. The van der Waals surface area contributed by atoms with E-state index in [1.54, 1.807) is 4.68 Å². The van der Waals surface area contributed by atoms with E-state index in [0.29, 0.717) is 16.4 Å². The van der Waals surface area contributed by atoms with Gasteiger partial charge in [-0.3, -0.25) is 9.48 Å². The van der Waals surface area contributed by atoms with Crippen LogP contribution in [0.4, 0.5) is 0 Å². The summed E-state index contributed by atoms with van der Waals surface area (Å²) in [5.74, 6) is 0.749. The first-order chi connectivity index (χ1) is 8.49. The number of hydrogen-bond acceptors (Lipinski definition) is 2. The zero-order chi connectivity index (χ0) is 13.3. The van der Waals surface area contributed by atoms with Gasteiger partial charge in [-0.25, -0.2) is 0 Å². The highest BCUT2D eigenvalue weighted by molar-refractivity contribution is 9.09. The second-order valence-electron chi connectivity index (χ2n) is 5.10. The largest absolute Gasteiger partial charge is 0.337 e. The Hall–Kier alpha value is -0.840. The summed E-state index contributed by atoms with van der Waals surface area (Å²) >= 11 is 3.63. The fourth-order valence-electron chi connectivity index (χ4n) is 2.39. The molecule has 0 saturated carbocycles. The van der Waals surface area contributed by atoms with Crippen LogP contribution in [-0.2, 0) is 7.05 Å². The van der Waals surface area contributed by atoms with Gasteiger partial charge in [0.2, 0.25) is 0 Å². The Balaban J connectivity index is 1.99. The Morgan fingerprint density at radius 2 is 2.11 bits per heavy atom. The molecule has 100 valence electrons. The summed E-state index contributed by atoms with van der Waals surface area (Å²) in [5, 5.41) is 4.26. The SMILES string of the molecule is Cc1cc(C(=O)N2CCC(C(C)Br)CC2)nn1C. The highest BCUT2D eigenvalue weighted by Gasteiger charge is 2.26. The van der Waals surface area contributed by atoms with Crippen LogP contribution in [0.3, 0.4) is 0 Å². The molecule has 1 aliphatic rings. The average Bonchev–Trinajstić information content (AvgIpc) is 2.69. The summed E-state index contributed by atoms with van der Waals surface area (Å²) in [4.78, 5) is 14.7. The molecule has 5 heteroatoms. The molecule has 1 unspecified atom stereocenters. The molecule has 1 atom stereocenters. The molecular formula is C13H20BrN3O. The molecule has 1 saturated heterocycles. The third-order valence-corrected chi connectivity index (χ3v) is 4.56. The standard InChI is InChI=1S/C13H20BrN3O/c1-9-8-12(15-16(9)3)13(18)17-6-4-11(5-7-17)10(2)14/h8,10-11H,4-7H2,1-3H3. The Morgan fingerprint density at radius 3 is 2.56 bits per heavy atom. The maximum Gasteiger partial charge on any atom is 0.274 e. The van der Waals surface area contributed by atoms with E-state index in [-0.39, 0.29) is 5.91 Å². The molecule has 0 N–H and O–H groups in total. The van der Waals surface area contributed by atoms with E-state index < -0.39 is 0 Å². The maximum atomic E-state index is 12.3. The highest BCUT2D eigenvalue weighted by atomic mass is 79.9. The van der Waals surface area contributed by atoms with Crippen molar-refractivity contribution in [1.82, 2.24) is 14.7 Å². The quantitative estimate of drug-likeness (QED) is 0.786. The van der Waals surface area contributed by atoms with Crippen molar-refractivity contribution in [1.29, 1.82) is 0 Å². The molecule has 4 nitrogen and oxygen atoms in total. The van der Waals surface area contributed by atoms with Crippen molar-refractivity contribution in [3.8, 4) is 0 Å². The number of amides is 1. The molecule has 1 aromatic rings. The topological polar surface area (TPSA) is 38.1 Å². The van der Waals surface area contributed by atoms with Gasteiger partial charge in [0.1, 0.15) is 0 Å². The maximum absolute atomic E-state index is 12.3. The first kappa shape index (κ1) is 13.6. The molecule has 1 aromatic heterocycles. The third kappa shape index (κ3) is 2.76. The van der Waals surface area contributed by atoms with Crippen molar-refractivity contribution in [3.63, 3.8) is 0 Å². The molecule has 0 aliphatic carbocycles. The van der Waals surface area contributed by atoms with Gasteiger partial charge in [-0.15, -0.1) is 0 Å². The zero-order valence-corrected chi connectivity index (χ0v) is 12.8. The van der Waals surface area contributed by atoms with Gasteiger partial charge < -0.3 is 4.90 Å². The van der Waals surface area contributed by atoms with E-state index in [4.69, 9.17) is 0 Å². The monoisotopic (exact) mass is 313 g/mol. The van der Waals surface area contributed by atoms with Crippen molar-refractivity contribution in [3.05, 3.63) is 17.5 Å². The van der Waals surface area contributed by atoms with E-state index in [2.05, 4.69) is 28.0 Å². The summed E-state index contributed by atoms with van der Waals surface area (Å²) in [7, 11) is 1.87. The number of likely N-dealkylation sites (tertiary alicyclic amines) is 1.